The van der Waals surface area contributed by atoms with Crippen LogP contribution in [0.4, 0.5) is 11.6 Å². The summed E-state index contributed by atoms with van der Waals surface area (Å²) in [6, 6.07) is 5.13. The van der Waals surface area contributed by atoms with Crippen molar-refractivity contribution in [2.75, 3.05) is 11.5 Å². The number of rotatable bonds is 0. The molecule has 0 amide bonds. The molecule has 2 rings (SSSR count). The second-order valence-electron chi connectivity index (χ2n) is 2.89. The standard InChI is InChI=1S/C5H4BrClN2.C5H5ClN2/c6-3-1-4(7)5(8)9-2-3;6-4-2-1-3-8-5(4)7/h1-2H,(H2,8,9);1-3H,(H2,7,8). The van der Waals surface area contributed by atoms with Crippen molar-refractivity contribution in [3.63, 3.8) is 0 Å². The van der Waals surface area contributed by atoms with Crippen LogP contribution < -0.4 is 11.5 Å². The van der Waals surface area contributed by atoms with E-state index < -0.39 is 0 Å². The minimum absolute atomic E-state index is 0.361. The number of hydrogen-bond acceptors (Lipinski definition) is 4. The second-order valence-corrected chi connectivity index (χ2v) is 4.62. The average molecular weight is 336 g/mol. The summed E-state index contributed by atoms with van der Waals surface area (Å²) in [5, 5.41) is 0.983. The summed E-state index contributed by atoms with van der Waals surface area (Å²) in [4.78, 5) is 7.50. The van der Waals surface area contributed by atoms with E-state index in [0.29, 0.717) is 21.7 Å². The van der Waals surface area contributed by atoms with E-state index in [1.807, 2.05) is 0 Å². The van der Waals surface area contributed by atoms with Crippen molar-refractivity contribution in [2.24, 2.45) is 0 Å². The molecule has 0 radical (unpaired) electrons. The van der Waals surface area contributed by atoms with Gasteiger partial charge >= 0.3 is 0 Å². The summed E-state index contributed by atoms with van der Waals surface area (Å²) < 4.78 is 0.835. The van der Waals surface area contributed by atoms with Gasteiger partial charge in [-0.1, -0.05) is 23.2 Å². The molecule has 0 aromatic carbocycles. The van der Waals surface area contributed by atoms with Crippen LogP contribution in [0.2, 0.25) is 10.0 Å². The average Bonchev–Trinajstić information content (AvgIpc) is 2.29. The van der Waals surface area contributed by atoms with Crippen molar-refractivity contribution in [2.45, 2.75) is 0 Å². The van der Waals surface area contributed by atoms with E-state index in [9.17, 15) is 0 Å². The molecular weight excluding hydrogens is 327 g/mol. The van der Waals surface area contributed by atoms with Gasteiger partial charge in [-0.2, -0.15) is 0 Å². The van der Waals surface area contributed by atoms with Crippen LogP contribution in [0, 0.1) is 0 Å². The molecule has 0 spiro atoms. The summed E-state index contributed by atoms with van der Waals surface area (Å²) in [6.45, 7) is 0. The fourth-order valence-electron chi connectivity index (χ4n) is 0.823. The Morgan fingerprint density at radius 1 is 1.06 bits per heavy atom. The lowest BCUT2D eigenvalue weighted by Gasteiger charge is -1.94. The number of anilines is 2. The van der Waals surface area contributed by atoms with Crippen LogP contribution in [-0.2, 0) is 0 Å². The smallest absolute Gasteiger partial charge is 0.142 e. The van der Waals surface area contributed by atoms with Crippen molar-refractivity contribution >= 4 is 50.8 Å². The van der Waals surface area contributed by atoms with Crippen molar-refractivity contribution in [3.8, 4) is 0 Å². The number of hydrogen-bond donors (Lipinski definition) is 2. The fourth-order valence-corrected chi connectivity index (χ4v) is 1.57. The highest BCUT2D eigenvalue weighted by Crippen LogP contribution is 2.19. The van der Waals surface area contributed by atoms with Crippen LogP contribution in [0.15, 0.2) is 35.1 Å². The molecule has 0 fully saturated rings. The van der Waals surface area contributed by atoms with Gasteiger partial charge in [0.05, 0.1) is 10.0 Å². The molecule has 0 atom stereocenters. The third kappa shape index (κ3) is 4.77. The highest BCUT2D eigenvalue weighted by atomic mass is 79.9. The first-order valence-electron chi connectivity index (χ1n) is 4.43. The van der Waals surface area contributed by atoms with Gasteiger partial charge in [0.25, 0.3) is 0 Å². The van der Waals surface area contributed by atoms with E-state index in [2.05, 4.69) is 25.9 Å². The van der Waals surface area contributed by atoms with Crippen LogP contribution in [0.1, 0.15) is 0 Å². The Bertz CT molecular complexity index is 486. The number of aromatic nitrogens is 2. The highest BCUT2D eigenvalue weighted by Gasteiger charge is 1.95. The first-order chi connectivity index (χ1) is 8.00. The maximum atomic E-state index is 5.60. The van der Waals surface area contributed by atoms with Crippen LogP contribution in [-0.4, -0.2) is 9.97 Å². The number of nitrogen functional groups attached to an aromatic ring is 2. The quantitative estimate of drug-likeness (QED) is 0.773. The van der Waals surface area contributed by atoms with Crippen LogP contribution in [0.3, 0.4) is 0 Å². The summed E-state index contributed by atoms with van der Waals surface area (Å²) in [5.74, 6) is 0.744. The van der Waals surface area contributed by atoms with Crippen LogP contribution in [0.25, 0.3) is 0 Å². The molecule has 0 bridgehead atoms. The highest BCUT2D eigenvalue weighted by molar-refractivity contribution is 9.10. The van der Waals surface area contributed by atoms with Crippen molar-refractivity contribution in [1.29, 1.82) is 0 Å². The monoisotopic (exact) mass is 334 g/mol. The zero-order valence-electron chi connectivity index (χ0n) is 8.57. The summed E-state index contributed by atoms with van der Waals surface area (Å²) >= 11 is 14.3. The summed E-state index contributed by atoms with van der Waals surface area (Å²) in [5.41, 5.74) is 10.6. The van der Waals surface area contributed by atoms with Gasteiger partial charge < -0.3 is 11.5 Å². The molecule has 0 aliphatic carbocycles. The lowest BCUT2D eigenvalue weighted by molar-refractivity contribution is 1.32. The van der Waals surface area contributed by atoms with Crippen LogP contribution >= 0.6 is 39.1 Å². The molecule has 0 saturated carbocycles. The van der Waals surface area contributed by atoms with E-state index in [-0.39, 0.29) is 0 Å². The Morgan fingerprint density at radius 3 is 2.12 bits per heavy atom. The van der Waals surface area contributed by atoms with Gasteiger partial charge in [-0.25, -0.2) is 9.97 Å². The van der Waals surface area contributed by atoms with Crippen LogP contribution in [0.5, 0.6) is 0 Å². The summed E-state index contributed by atoms with van der Waals surface area (Å²) in [6.07, 6.45) is 3.20. The Morgan fingerprint density at radius 2 is 1.71 bits per heavy atom. The maximum absolute atomic E-state index is 5.60. The number of halogens is 3. The molecule has 2 aromatic heterocycles. The second kappa shape index (κ2) is 6.64. The molecule has 2 aromatic rings. The number of pyridine rings is 2. The minimum atomic E-state index is 0.361. The van der Waals surface area contributed by atoms with E-state index >= 15 is 0 Å². The predicted molar refractivity (Wildman–Crippen MR) is 75.0 cm³/mol. The topological polar surface area (TPSA) is 77.8 Å². The van der Waals surface area contributed by atoms with Gasteiger partial charge in [-0.05, 0) is 34.1 Å². The Kier molecular flexibility index (Phi) is 5.47. The van der Waals surface area contributed by atoms with Gasteiger partial charge in [0.15, 0.2) is 0 Å². The normalized spacial score (nSPS) is 9.35. The third-order valence-corrected chi connectivity index (χ3v) is 2.68. The van der Waals surface area contributed by atoms with E-state index in [0.717, 1.165) is 4.47 Å². The Labute approximate surface area is 117 Å². The van der Waals surface area contributed by atoms with Crippen molar-refractivity contribution in [1.82, 2.24) is 9.97 Å². The van der Waals surface area contributed by atoms with Gasteiger partial charge in [0.1, 0.15) is 11.6 Å². The predicted octanol–water partition coefficient (Wildman–Crippen LogP) is 3.40. The molecule has 90 valence electrons. The molecule has 2 heterocycles. The molecule has 17 heavy (non-hydrogen) atoms. The molecule has 4 N–H and O–H groups in total. The fraction of sp³-hybridized carbons (Fsp3) is 0. The molecule has 0 unspecified atom stereocenters. The SMILES string of the molecule is Nc1ncc(Br)cc1Cl.Nc1ncccc1Cl. The Hall–Kier alpha value is -1.04. The first kappa shape index (κ1) is 14.0. The molecular formula is C10H9BrCl2N4. The molecule has 7 heteroatoms. The molecule has 0 aliphatic heterocycles. The van der Waals surface area contributed by atoms with E-state index in [1.54, 1.807) is 30.6 Å². The third-order valence-electron chi connectivity index (χ3n) is 1.62. The van der Waals surface area contributed by atoms with Gasteiger partial charge in [-0.3, -0.25) is 0 Å². The lowest BCUT2D eigenvalue weighted by atomic mass is 10.5. The Balaban J connectivity index is 0.000000171. The van der Waals surface area contributed by atoms with Gasteiger partial charge in [0, 0.05) is 16.9 Å². The molecule has 0 saturated heterocycles. The lowest BCUT2D eigenvalue weighted by Crippen LogP contribution is -1.89. The summed E-state index contributed by atoms with van der Waals surface area (Å²) in [7, 11) is 0. The largest absolute Gasteiger partial charge is 0.382 e. The zero-order valence-corrected chi connectivity index (χ0v) is 11.7. The van der Waals surface area contributed by atoms with Gasteiger partial charge in [0.2, 0.25) is 0 Å². The molecule has 4 nitrogen and oxygen atoms in total. The van der Waals surface area contributed by atoms with E-state index in [1.165, 1.54) is 0 Å². The molecule has 0 aliphatic rings. The number of nitrogens with zero attached hydrogens (tertiary/aromatic N) is 2. The van der Waals surface area contributed by atoms with Gasteiger partial charge in [-0.15, -0.1) is 0 Å². The number of nitrogens with two attached hydrogens (primary N) is 2. The maximum Gasteiger partial charge on any atom is 0.142 e. The minimum Gasteiger partial charge on any atom is -0.382 e. The zero-order chi connectivity index (χ0) is 12.8. The van der Waals surface area contributed by atoms with E-state index in [4.69, 9.17) is 34.7 Å². The van der Waals surface area contributed by atoms with Crippen molar-refractivity contribution < 1.29 is 0 Å². The first-order valence-corrected chi connectivity index (χ1v) is 5.98. The van der Waals surface area contributed by atoms with Crippen molar-refractivity contribution in [3.05, 3.63) is 45.1 Å².